The zero-order chi connectivity index (χ0) is 15.0. The fourth-order valence-electron chi connectivity index (χ4n) is 2.73. The van der Waals surface area contributed by atoms with Gasteiger partial charge in [0.1, 0.15) is 0 Å². The lowest BCUT2D eigenvalue weighted by molar-refractivity contribution is -0.118. The van der Waals surface area contributed by atoms with Crippen molar-refractivity contribution in [1.82, 2.24) is 0 Å². The molecule has 0 radical (unpaired) electrons. The van der Waals surface area contributed by atoms with Crippen LogP contribution in [0.15, 0.2) is 46.9 Å². The van der Waals surface area contributed by atoms with Crippen molar-refractivity contribution < 1.29 is 4.79 Å². The Balaban J connectivity index is 1.93. The summed E-state index contributed by atoms with van der Waals surface area (Å²) in [4.78, 5) is 13.5. The first-order chi connectivity index (χ1) is 10.1. The van der Waals surface area contributed by atoms with Gasteiger partial charge in [-0.2, -0.15) is 0 Å². The summed E-state index contributed by atoms with van der Waals surface area (Å²) >= 11 is 3.43. The molecule has 2 aromatic rings. The molecule has 1 amide bonds. The number of aryl methyl sites for hydroxylation is 1. The molecule has 1 aliphatic heterocycles. The second kappa shape index (κ2) is 5.62. The van der Waals surface area contributed by atoms with Crippen molar-refractivity contribution >= 4 is 27.5 Å². The Bertz CT molecular complexity index is 682. The predicted molar refractivity (Wildman–Crippen MR) is 88.3 cm³/mol. The summed E-state index contributed by atoms with van der Waals surface area (Å²) < 4.78 is 1.05. The summed E-state index contributed by atoms with van der Waals surface area (Å²) in [7, 11) is 1.83. The molecule has 108 valence electrons. The Morgan fingerprint density at radius 1 is 1.10 bits per heavy atom. The van der Waals surface area contributed by atoms with E-state index in [0.29, 0.717) is 6.42 Å². The molecular weight excluding hydrogens is 328 g/mol. The summed E-state index contributed by atoms with van der Waals surface area (Å²) in [6.07, 6.45) is 1.36. The first-order valence-corrected chi connectivity index (χ1v) is 7.76. The molecular formula is C17H17BrN2O. The highest BCUT2D eigenvalue weighted by Gasteiger charge is 2.21. The normalized spacial score (nSPS) is 15.8. The van der Waals surface area contributed by atoms with Crippen LogP contribution in [-0.4, -0.2) is 13.0 Å². The number of hydrogen-bond donors (Lipinski definition) is 1. The van der Waals surface area contributed by atoms with E-state index in [2.05, 4.69) is 22.0 Å². The van der Waals surface area contributed by atoms with Gasteiger partial charge in [-0.1, -0.05) is 40.2 Å². The quantitative estimate of drug-likeness (QED) is 0.907. The van der Waals surface area contributed by atoms with Gasteiger partial charge in [0, 0.05) is 23.6 Å². The molecule has 3 nitrogen and oxygen atoms in total. The number of carbonyl (C=O) groups excluding carboxylic acids is 1. The van der Waals surface area contributed by atoms with E-state index in [1.807, 2.05) is 43.4 Å². The summed E-state index contributed by atoms with van der Waals surface area (Å²) in [5, 5.41) is 0. The standard InChI is InChI=1S/C17H17BrN2O/c1-20-15-8-4-13(10-12(15)5-9-16(20)21)17(19)11-2-6-14(18)7-3-11/h2-4,6-8,10,17H,5,9,19H2,1H3. The van der Waals surface area contributed by atoms with Crippen LogP contribution in [0.4, 0.5) is 5.69 Å². The molecule has 3 rings (SSSR count). The third-order valence-electron chi connectivity index (χ3n) is 4.04. The van der Waals surface area contributed by atoms with E-state index >= 15 is 0 Å². The Labute approximate surface area is 132 Å². The number of halogens is 1. The third-order valence-corrected chi connectivity index (χ3v) is 4.56. The monoisotopic (exact) mass is 344 g/mol. The van der Waals surface area contributed by atoms with Crippen LogP contribution in [-0.2, 0) is 11.2 Å². The molecule has 1 unspecified atom stereocenters. The highest BCUT2D eigenvalue weighted by Crippen LogP contribution is 2.30. The summed E-state index contributed by atoms with van der Waals surface area (Å²) in [6.45, 7) is 0. The van der Waals surface area contributed by atoms with Crippen LogP contribution < -0.4 is 10.6 Å². The molecule has 0 fully saturated rings. The molecule has 1 atom stereocenters. The molecule has 2 aromatic carbocycles. The smallest absolute Gasteiger partial charge is 0.227 e. The number of rotatable bonds is 2. The number of amides is 1. The van der Waals surface area contributed by atoms with E-state index in [4.69, 9.17) is 5.73 Å². The van der Waals surface area contributed by atoms with E-state index in [1.54, 1.807) is 4.90 Å². The fourth-order valence-corrected chi connectivity index (χ4v) is 3.00. The molecule has 1 aliphatic rings. The molecule has 0 saturated heterocycles. The SMILES string of the molecule is CN1C(=O)CCc2cc(C(N)c3ccc(Br)cc3)ccc21. The highest BCUT2D eigenvalue weighted by atomic mass is 79.9. The van der Waals surface area contributed by atoms with Crippen molar-refractivity contribution in [2.24, 2.45) is 5.73 Å². The maximum Gasteiger partial charge on any atom is 0.227 e. The van der Waals surface area contributed by atoms with Crippen LogP contribution in [0.3, 0.4) is 0 Å². The van der Waals surface area contributed by atoms with Crippen molar-refractivity contribution in [3.63, 3.8) is 0 Å². The lowest BCUT2D eigenvalue weighted by atomic mass is 9.94. The van der Waals surface area contributed by atoms with Crippen LogP contribution in [0.2, 0.25) is 0 Å². The zero-order valence-electron chi connectivity index (χ0n) is 11.8. The molecule has 21 heavy (non-hydrogen) atoms. The van der Waals surface area contributed by atoms with E-state index in [9.17, 15) is 4.79 Å². The van der Waals surface area contributed by atoms with E-state index in [-0.39, 0.29) is 11.9 Å². The van der Waals surface area contributed by atoms with Gasteiger partial charge in [-0.25, -0.2) is 0 Å². The minimum atomic E-state index is -0.147. The van der Waals surface area contributed by atoms with E-state index < -0.39 is 0 Å². The largest absolute Gasteiger partial charge is 0.320 e. The average molecular weight is 345 g/mol. The molecule has 0 spiro atoms. The number of nitrogens with two attached hydrogens (primary N) is 1. The Morgan fingerprint density at radius 3 is 2.48 bits per heavy atom. The van der Waals surface area contributed by atoms with Gasteiger partial charge < -0.3 is 10.6 Å². The van der Waals surface area contributed by atoms with Gasteiger partial charge in [-0.15, -0.1) is 0 Å². The van der Waals surface area contributed by atoms with Crippen LogP contribution in [0, 0.1) is 0 Å². The van der Waals surface area contributed by atoms with Crippen molar-refractivity contribution in [2.75, 3.05) is 11.9 Å². The first kappa shape index (κ1) is 14.3. The Morgan fingerprint density at radius 2 is 1.76 bits per heavy atom. The number of nitrogens with zero attached hydrogens (tertiary/aromatic N) is 1. The van der Waals surface area contributed by atoms with Gasteiger partial charge in [0.15, 0.2) is 0 Å². The van der Waals surface area contributed by atoms with Crippen molar-refractivity contribution in [2.45, 2.75) is 18.9 Å². The van der Waals surface area contributed by atoms with Gasteiger partial charge in [0.2, 0.25) is 5.91 Å². The molecule has 0 saturated carbocycles. The van der Waals surface area contributed by atoms with Crippen LogP contribution in [0.25, 0.3) is 0 Å². The number of carbonyl (C=O) groups is 1. The van der Waals surface area contributed by atoms with E-state index in [1.165, 1.54) is 5.56 Å². The number of anilines is 1. The summed E-state index contributed by atoms with van der Waals surface area (Å²) in [6, 6.07) is 14.1. The molecule has 1 heterocycles. The summed E-state index contributed by atoms with van der Waals surface area (Å²) in [5.41, 5.74) is 10.7. The molecule has 0 aliphatic carbocycles. The molecule has 2 N–H and O–H groups in total. The topological polar surface area (TPSA) is 46.3 Å². The number of benzene rings is 2. The lowest BCUT2D eigenvalue weighted by Crippen LogP contribution is -2.31. The second-order valence-electron chi connectivity index (χ2n) is 5.37. The number of hydrogen-bond acceptors (Lipinski definition) is 2. The minimum absolute atomic E-state index is 0.147. The van der Waals surface area contributed by atoms with Gasteiger partial charge in [0.05, 0.1) is 6.04 Å². The van der Waals surface area contributed by atoms with Gasteiger partial charge in [-0.3, -0.25) is 4.79 Å². The highest BCUT2D eigenvalue weighted by molar-refractivity contribution is 9.10. The van der Waals surface area contributed by atoms with Gasteiger partial charge in [-0.05, 0) is 41.3 Å². The maximum absolute atomic E-state index is 11.7. The molecule has 0 aromatic heterocycles. The Kier molecular flexibility index (Phi) is 3.83. The average Bonchev–Trinajstić information content (AvgIpc) is 2.51. The zero-order valence-corrected chi connectivity index (χ0v) is 13.4. The van der Waals surface area contributed by atoms with Crippen LogP contribution >= 0.6 is 15.9 Å². The first-order valence-electron chi connectivity index (χ1n) is 6.96. The van der Waals surface area contributed by atoms with Gasteiger partial charge >= 0.3 is 0 Å². The Hall–Kier alpha value is -1.65. The third kappa shape index (κ3) is 2.74. The minimum Gasteiger partial charge on any atom is -0.320 e. The number of fused-ring (bicyclic) bond motifs is 1. The molecule has 4 heteroatoms. The molecule has 0 bridgehead atoms. The fraction of sp³-hybridized carbons (Fsp3) is 0.235. The predicted octanol–water partition coefficient (Wildman–Crippen LogP) is 3.41. The van der Waals surface area contributed by atoms with Crippen molar-refractivity contribution in [3.05, 3.63) is 63.6 Å². The van der Waals surface area contributed by atoms with Crippen LogP contribution in [0.5, 0.6) is 0 Å². The van der Waals surface area contributed by atoms with E-state index in [0.717, 1.165) is 27.7 Å². The second-order valence-corrected chi connectivity index (χ2v) is 6.29. The maximum atomic E-state index is 11.7. The summed E-state index contributed by atoms with van der Waals surface area (Å²) in [5.74, 6) is 0.174. The van der Waals surface area contributed by atoms with Crippen molar-refractivity contribution in [1.29, 1.82) is 0 Å². The lowest BCUT2D eigenvalue weighted by Gasteiger charge is -2.27. The van der Waals surface area contributed by atoms with Crippen molar-refractivity contribution in [3.8, 4) is 0 Å². The van der Waals surface area contributed by atoms with Gasteiger partial charge in [0.25, 0.3) is 0 Å². The van der Waals surface area contributed by atoms with Crippen LogP contribution in [0.1, 0.15) is 29.2 Å².